The first kappa shape index (κ1) is 9.52. The summed E-state index contributed by atoms with van der Waals surface area (Å²) >= 11 is 0. The number of carbonyl (C=O) groups is 1. The first-order chi connectivity index (χ1) is 7.16. The average molecular weight is 201 g/mol. The summed E-state index contributed by atoms with van der Waals surface area (Å²) in [5.74, 6) is 0.190. The van der Waals surface area contributed by atoms with E-state index in [9.17, 15) is 4.79 Å². The maximum atomic E-state index is 11.9. The van der Waals surface area contributed by atoms with Gasteiger partial charge in [-0.15, -0.1) is 0 Å². The van der Waals surface area contributed by atoms with E-state index in [1.807, 2.05) is 13.0 Å². The van der Waals surface area contributed by atoms with E-state index < -0.39 is 0 Å². The number of rotatable bonds is 2. The van der Waals surface area contributed by atoms with Crippen LogP contribution < -0.4 is 5.73 Å². The molecule has 2 N–H and O–H groups in total. The molecule has 3 heteroatoms. The summed E-state index contributed by atoms with van der Waals surface area (Å²) in [6.45, 7) is 1.90. The third kappa shape index (κ3) is 1.91. The molecule has 0 saturated carbocycles. The summed E-state index contributed by atoms with van der Waals surface area (Å²) in [6, 6.07) is 8.59. The van der Waals surface area contributed by atoms with Crippen LogP contribution in [0.25, 0.3) is 0 Å². The third-order valence-electron chi connectivity index (χ3n) is 2.11. The number of furan rings is 1. The van der Waals surface area contributed by atoms with Gasteiger partial charge in [0.05, 0.1) is 6.26 Å². The molecule has 0 saturated heterocycles. The zero-order chi connectivity index (χ0) is 10.8. The Bertz CT molecular complexity index is 466. The number of hydrogen-bond donors (Lipinski definition) is 1. The lowest BCUT2D eigenvalue weighted by molar-refractivity contribution is 0.101. The molecule has 0 bridgehead atoms. The van der Waals surface area contributed by atoms with Gasteiger partial charge in [-0.05, 0) is 42.8 Å². The molecule has 0 aliphatic heterocycles. The van der Waals surface area contributed by atoms with Gasteiger partial charge in [0.2, 0.25) is 5.78 Å². The highest BCUT2D eigenvalue weighted by Gasteiger charge is 2.12. The molecule has 2 rings (SSSR count). The van der Waals surface area contributed by atoms with Crippen LogP contribution in [0, 0.1) is 6.92 Å². The molecule has 0 amide bonds. The van der Waals surface area contributed by atoms with Crippen LogP contribution >= 0.6 is 0 Å². The van der Waals surface area contributed by atoms with Crippen molar-refractivity contribution >= 4 is 11.5 Å². The number of hydrogen-bond acceptors (Lipinski definition) is 3. The largest absolute Gasteiger partial charge is 0.461 e. The molecule has 76 valence electrons. The predicted octanol–water partition coefficient (Wildman–Crippen LogP) is 2.40. The van der Waals surface area contributed by atoms with Crippen LogP contribution in [0.1, 0.15) is 21.7 Å². The van der Waals surface area contributed by atoms with Crippen LogP contribution in [0.5, 0.6) is 0 Å². The van der Waals surface area contributed by atoms with Gasteiger partial charge in [-0.3, -0.25) is 4.79 Å². The Labute approximate surface area is 87.5 Å². The van der Waals surface area contributed by atoms with E-state index in [-0.39, 0.29) is 5.78 Å². The normalized spacial score (nSPS) is 10.2. The van der Waals surface area contributed by atoms with E-state index in [2.05, 4.69) is 0 Å². The first-order valence-electron chi connectivity index (χ1n) is 4.62. The van der Waals surface area contributed by atoms with Crippen molar-refractivity contribution in [3.8, 4) is 0 Å². The van der Waals surface area contributed by atoms with E-state index in [0.29, 0.717) is 17.0 Å². The minimum Gasteiger partial charge on any atom is -0.461 e. The van der Waals surface area contributed by atoms with E-state index in [1.54, 1.807) is 24.3 Å². The van der Waals surface area contributed by atoms with Crippen LogP contribution in [-0.2, 0) is 0 Å². The van der Waals surface area contributed by atoms with Crippen molar-refractivity contribution in [2.45, 2.75) is 6.92 Å². The lowest BCUT2D eigenvalue weighted by Gasteiger charge is -2.01. The Kier molecular flexibility index (Phi) is 2.29. The Morgan fingerprint density at radius 1 is 1.33 bits per heavy atom. The summed E-state index contributed by atoms with van der Waals surface area (Å²) in [4.78, 5) is 11.9. The second-order valence-electron chi connectivity index (χ2n) is 3.44. The van der Waals surface area contributed by atoms with Crippen LogP contribution in [0.3, 0.4) is 0 Å². The van der Waals surface area contributed by atoms with Crippen molar-refractivity contribution in [2.75, 3.05) is 5.73 Å². The monoisotopic (exact) mass is 201 g/mol. The van der Waals surface area contributed by atoms with Gasteiger partial charge in [0.1, 0.15) is 0 Å². The molecule has 0 aliphatic rings. The molecule has 1 heterocycles. The molecule has 0 fully saturated rings. The summed E-state index contributed by atoms with van der Waals surface area (Å²) in [5, 5.41) is 0. The lowest BCUT2D eigenvalue weighted by atomic mass is 10.1. The topological polar surface area (TPSA) is 56.2 Å². The van der Waals surface area contributed by atoms with E-state index in [1.165, 1.54) is 6.26 Å². The van der Waals surface area contributed by atoms with Gasteiger partial charge in [-0.1, -0.05) is 0 Å². The molecule has 0 atom stereocenters. The van der Waals surface area contributed by atoms with Gasteiger partial charge in [0.15, 0.2) is 5.76 Å². The van der Waals surface area contributed by atoms with Crippen molar-refractivity contribution in [1.82, 2.24) is 0 Å². The predicted molar refractivity (Wildman–Crippen MR) is 57.7 cm³/mol. The average Bonchev–Trinajstić information content (AvgIpc) is 2.67. The first-order valence-corrected chi connectivity index (χ1v) is 4.62. The maximum Gasteiger partial charge on any atom is 0.228 e. The fraction of sp³-hybridized carbons (Fsp3) is 0.0833. The minimum atomic E-state index is -0.143. The van der Waals surface area contributed by atoms with Gasteiger partial charge in [-0.2, -0.15) is 0 Å². The third-order valence-corrected chi connectivity index (χ3v) is 2.11. The quantitative estimate of drug-likeness (QED) is 0.599. The van der Waals surface area contributed by atoms with Crippen LogP contribution in [0.4, 0.5) is 5.69 Å². The lowest BCUT2D eigenvalue weighted by Crippen LogP contribution is -2.01. The summed E-state index contributed by atoms with van der Waals surface area (Å²) in [6.07, 6.45) is 1.48. The zero-order valence-corrected chi connectivity index (χ0v) is 8.36. The molecular weight excluding hydrogens is 190 g/mol. The number of nitrogens with two attached hydrogens (primary N) is 1. The molecule has 0 radical (unpaired) electrons. The summed E-state index contributed by atoms with van der Waals surface area (Å²) < 4.78 is 5.04. The zero-order valence-electron chi connectivity index (χ0n) is 8.36. The molecular formula is C12H11NO2. The number of nitrogen functional groups attached to an aromatic ring is 1. The second kappa shape index (κ2) is 3.61. The maximum absolute atomic E-state index is 11.9. The summed E-state index contributed by atoms with van der Waals surface area (Å²) in [7, 11) is 0. The molecule has 1 aromatic heterocycles. The molecule has 15 heavy (non-hydrogen) atoms. The van der Waals surface area contributed by atoms with Crippen molar-refractivity contribution in [3.63, 3.8) is 0 Å². The highest BCUT2D eigenvalue weighted by molar-refractivity contribution is 6.07. The fourth-order valence-corrected chi connectivity index (χ4v) is 1.49. The van der Waals surface area contributed by atoms with Crippen LogP contribution in [0.2, 0.25) is 0 Å². The van der Waals surface area contributed by atoms with Gasteiger partial charge >= 0.3 is 0 Å². The molecule has 1 aromatic carbocycles. The van der Waals surface area contributed by atoms with E-state index >= 15 is 0 Å². The standard InChI is InChI=1S/C12H11NO2/c1-8-5-9(7-10(13)6-8)12(14)11-3-2-4-15-11/h2-7H,13H2,1H3. The minimum absolute atomic E-state index is 0.143. The number of benzene rings is 1. The summed E-state index contributed by atoms with van der Waals surface area (Å²) in [5.41, 5.74) is 7.78. The smallest absolute Gasteiger partial charge is 0.228 e. The molecule has 0 spiro atoms. The van der Waals surface area contributed by atoms with E-state index in [0.717, 1.165) is 5.56 Å². The molecule has 0 unspecified atom stereocenters. The van der Waals surface area contributed by atoms with Gasteiger partial charge < -0.3 is 10.2 Å². The van der Waals surface area contributed by atoms with Gasteiger partial charge in [0, 0.05) is 11.3 Å². The second-order valence-corrected chi connectivity index (χ2v) is 3.44. The van der Waals surface area contributed by atoms with Crippen molar-refractivity contribution < 1.29 is 9.21 Å². The van der Waals surface area contributed by atoms with Crippen molar-refractivity contribution in [3.05, 3.63) is 53.5 Å². The van der Waals surface area contributed by atoms with Gasteiger partial charge in [-0.25, -0.2) is 0 Å². The van der Waals surface area contributed by atoms with Crippen molar-refractivity contribution in [1.29, 1.82) is 0 Å². The molecule has 2 aromatic rings. The Balaban J connectivity index is 2.42. The highest BCUT2D eigenvalue weighted by atomic mass is 16.3. The molecule has 3 nitrogen and oxygen atoms in total. The molecule has 0 aliphatic carbocycles. The van der Waals surface area contributed by atoms with E-state index in [4.69, 9.17) is 10.2 Å². The van der Waals surface area contributed by atoms with Gasteiger partial charge in [0.25, 0.3) is 0 Å². The van der Waals surface area contributed by atoms with Crippen molar-refractivity contribution in [2.24, 2.45) is 0 Å². The number of carbonyl (C=O) groups excluding carboxylic acids is 1. The highest BCUT2D eigenvalue weighted by Crippen LogP contribution is 2.15. The van der Waals surface area contributed by atoms with Crippen LogP contribution in [-0.4, -0.2) is 5.78 Å². The Hall–Kier alpha value is -2.03. The Morgan fingerprint density at radius 2 is 2.13 bits per heavy atom. The SMILES string of the molecule is Cc1cc(N)cc(C(=O)c2ccco2)c1. The number of aryl methyl sites for hydroxylation is 1. The Morgan fingerprint density at radius 3 is 2.73 bits per heavy atom. The number of anilines is 1. The number of ketones is 1. The van der Waals surface area contributed by atoms with Crippen LogP contribution in [0.15, 0.2) is 41.0 Å². The fourth-order valence-electron chi connectivity index (χ4n) is 1.49.